The summed E-state index contributed by atoms with van der Waals surface area (Å²) in [7, 11) is 0. The first kappa shape index (κ1) is 15.7. The number of hydrogen-bond donors (Lipinski definition) is 1. The van der Waals surface area contributed by atoms with Gasteiger partial charge in [-0.1, -0.05) is 29.3 Å². The molecular weight excluding hydrogens is 309 g/mol. The number of rotatable bonds is 4. The standard InChI is InChI=1S/C16H15Cl2NO2/c1-10(2)21-13-5-3-4-11(8-13)16(20)19-15-9-12(17)6-7-14(15)18/h3-10H,1-2H3,(H,19,20). The van der Waals surface area contributed by atoms with Gasteiger partial charge in [0.05, 0.1) is 16.8 Å². The Morgan fingerprint density at radius 3 is 2.62 bits per heavy atom. The highest BCUT2D eigenvalue weighted by atomic mass is 35.5. The minimum absolute atomic E-state index is 0.0469. The van der Waals surface area contributed by atoms with E-state index in [2.05, 4.69) is 5.32 Å². The molecule has 0 aliphatic carbocycles. The van der Waals surface area contributed by atoms with Gasteiger partial charge in [0.2, 0.25) is 0 Å². The lowest BCUT2D eigenvalue weighted by Gasteiger charge is -2.11. The average Bonchev–Trinajstić information content (AvgIpc) is 2.42. The molecule has 0 fully saturated rings. The highest BCUT2D eigenvalue weighted by Crippen LogP contribution is 2.26. The van der Waals surface area contributed by atoms with Crippen molar-refractivity contribution in [1.29, 1.82) is 0 Å². The zero-order valence-electron chi connectivity index (χ0n) is 11.7. The highest BCUT2D eigenvalue weighted by Gasteiger charge is 2.10. The third kappa shape index (κ3) is 4.38. The van der Waals surface area contributed by atoms with Gasteiger partial charge in [-0.2, -0.15) is 0 Å². The molecule has 0 spiro atoms. The van der Waals surface area contributed by atoms with E-state index in [4.69, 9.17) is 27.9 Å². The maximum Gasteiger partial charge on any atom is 0.255 e. The fraction of sp³-hybridized carbons (Fsp3) is 0.188. The molecule has 0 bridgehead atoms. The fourth-order valence-corrected chi connectivity index (χ4v) is 2.11. The van der Waals surface area contributed by atoms with E-state index < -0.39 is 0 Å². The Balaban J connectivity index is 2.18. The summed E-state index contributed by atoms with van der Waals surface area (Å²) in [6.45, 7) is 3.86. The van der Waals surface area contributed by atoms with Crippen LogP contribution < -0.4 is 10.1 Å². The Labute approximate surface area is 133 Å². The first-order valence-electron chi connectivity index (χ1n) is 6.49. The number of nitrogens with one attached hydrogen (secondary N) is 1. The predicted molar refractivity (Wildman–Crippen MR) is 86.6 cm³/mol. The number of amides is 1. The highest BCUT2D eigenvalue weighted by molar-refractivity contribution is 6.35. The molecule has 3 nitrogen and oxygen atoms in total. The summed E-state index contributed by atoms with van der Waals surface area (Å²) >= 11 is 11.9. The number of ether oxygens (including phenoxy) is 1. The van der Waals surface area contributed by atoms with Crippen molar-refractivity contribution in [2.24, 2.45) is 0 Å². The topological polar surface area (TPSA) is 38.3 Å². The fourth-order valence-electron chi connectivity index (χ4n) is 1.77. The van der Waals surface area contributed by atoms with E-state index >= 15 is 0 Å². The average molecular weight is 324 g/mol. The molecule has 0 aliphatic rings. The quantitative estimate of drug-likeness (QED) is 0.856. The van der Waals surface area contributed by atoms with Crippen molar-refractivity contribution in [3.05, 3.63) is 58.1 Å². The van der Waals surface area contributed by atoms with E-state index in [0.717, 1.165) is 0 Å². The van der Waals surface area contributed by atoms with Crippen LogP contribution in [-0.4, -0.2) is 12.0 Å². The summed E-state index contributed by atoms with van der Waals surface area (Å²) in [4.78, 5) is 12.2. The first-order chi connectivity index (χ1) is 9.95. The molecule has 2 rings (SSSR count). The number of benzene rings is 2. The summed E-state index contributed by atoms with van der Waals surface area (Å²) in [5, 5.41) is 3.68. The second kappa shape index (κ2) is 6.83. The van der Waals surface area contributed by atoms with Gasteiger partial charge < -0.3 is 10.1 Å². The maximum absolute atomic E-state index is 12.2. The van der Waals surface area contributed by atoms with E-state index in [1.807, 2.05) is 19.9 Å². The Bertz CT molecular complexity index is 656. The van der Waals surface area contributed by atoms with Gasteiger partial charge in [-0.25, -0.2) is 0 Å². The molecule has 1 N–H and O–H groups in total. The van der Waals surface area contributed by atoms with Crippen LogP contribution in [-0.2, 0) is 0 Å². The molecule has 0 saturated carbocycles. The second-order valence-corrected chi connectivity index (χ2v) is 5.62. The van der Waals surface area contributed by atoms with E-state index in [-0.39, 0.29) is 12.0 Å². The maximum atomic E-state index is 12.2. The van der Waals surface area contributed by atoms with Crippen LogP contribution >= 0.6 is 23.2 Å². The van der Waals surface area contributed by atoms with Crippen molar-refractivity contribution in [3.8, 4) is 5.75 Å². The van der Waals surface area contributed by atoms with Crippen molar-refractivity contribution >= 4 is 34.8 Å². The van der Waals surface area contributed by atoms with Gasteiger partial charge in [0.25, 0.3) is 5.91 Å². The van der Waals surface area contributed by atoms with Crippen LogP contribution in [0.25, 0.3) is 0 Å². The van der Waals surface area contributed by atoms with Crippen molar-refractivity contribution in [1.82, 2.24) is 0 Å². The minimum atomic E-state index is -0.270. The van der Waals surface area contributed by atoms with Gasteiger partial charge in [0, 0.05) is 10.6 Å². The number of carbonyl (C=O) groups excluding carboxylic acids is 1. The SMILES string of the molecule is CC(C)Oc1cccc(C(=O)Nc2cc(Cl)ccc2Cl)c1. The van der Waals surface area contributed by atoms with Crippen LogP contribution in [0.15, 0.2) is 42.5 Å². The van der Waals surface area contributed by atoms with Gasteiger partial charge in [-0.3, -0.25) is 4.79 Å². The molecule has 0 saturated heterocycles. The molecule has 0 aromatic heterocycles. The van der Waals surface area contributed by atoms with Crippen molar-refractivity contribution in [2.75, 3.05) is 5.32 Å². The zero-order valence-corrected chi connectivity index (χ0v) is 13.2. The van der Waals surface area contributed by atoms with Gasteiger partial charge in [-0.05, 0) is 50.2 Å². The van der Waals surface area contributed by atoms with Crippen LogP contribution in [0.1, 0.15) is 24.2 Å². The van der Waals surface area contributed by atoms with Gasteiger partial charge in [0.1, 0.15) is 5.75 Å². The summed E-state index contributed by atoms with van der Waals surface area (Å²) in [6.07, 6.45) is 0.0469. The summed E-state index contributed by atoms with van der Waals surface area (Å²) in [5.74, 6) is 0.378. The number of hydrogen-bond acceptors (Lipinski definition) is 2. The van der Waals surface area contributed by atoms with Crippen LogP contribution in [0, 0.1) is 0 Å². The number of halogens is 2. The largest absolute Gasteiger partial charge is 0.491 e. The normalized spacial score (nSPS) is 10.5. The molecule has 1 amide bonds. The molecular formula is C16H15Cl2NO2. The van der Waals surface area contributed by atoms with Crippen LogP contribution in [0.4, 0.5) is 5.69 Å². The van der Waals surface area contributed by atoms with Crippen molar-refractivity contribution in [2.45, 2.75) is 20.0 Å². The molecule has 21 heavy (non-hydrogen) atoms. The molecule has 0 aliphatic heterocycles. The van der Waals surface area contributed by atoms with Gasteiger partial charge in [0.15, 0.2) is 0 Å². The predicted octanol–water partition coefficient (Wildman–Crippen LogP) is 5.03. The third-order valence-corrected chi connectivity index (χ3v) is 3.21. The summed E-state index contributed by atoms with van der Waals surface area (Å²) in [6, 6.07) is 11.9. The molecule has 2 aromatic carbocycles. The van der Waals surface area contributed by atoms with E-state index in [9.17, 15) is 4.79 Å². The second-order valence-electron chi connectivity index (χ2n) is 4.77. The molecule has 0 radical (unpaired) electrons. The molecule has 0 heterocycles. The molecule has 2 aromatic rings. The van der Waals surface area contributed by atoms with E-state index in [0.29, 0.717) is 27.0 Å². The van der Waals surface area contributed by atoms with Crippen LogP contribution in [0.5, 0.6) is 5.75 Å². The zero-order chi connectivity index (χ0) is 15.4. The molecule has 0 atom stereocenters. The smallest absolute Gasteiger partial charge is 0.255 e. The van der Waals surface area contributed by atoms with Gasteiger partial charge in [-0.15, -0.1) is 0 Å². The Hall–Kier alpha value is -1.71. The summed E-state index contributed by atoms with van der Waals surface area (Å²) in [5.41, 5.74) is 0.966. The Morgan fingerprint density at radius 2 is 1.90 bits per heavy atom. The summed E-state index contributed by atoms with van der Waals surface area (Å²) < 4.78 is 5.57. The Kier molecular flexibility index (Phi) is 5.10. The minimum Gasteiger partial charge on any atom is -0.491 e. The Morgan fingerprint density at radius 1 is 1.14 bits per heavy atom. The van der Waals surface area contributed by atoms with Gasteiger partial charge >= 0.3 is 0 Å². The van der Waals surface area contributed by atoms with Crippen molar-refractivity contribution < 1.29 is 9.53 Å². The lowest BCUT2D eigenvalue weighted by Crippen LogP contribution is -2.13. The molecule has 5 heteroatoms. The lowest BCUT2D eigenvalue weighted by atomic mass is 10.2. The van der Waals surface area contributed by atoms with E-state index in [1.54, 1.807) is 36.4 Å². The monoisotopic (exact) mass is 323 g/mol. The molecule has 0 unspecified atom stereocenters. The van der Waals surface area contributed by atoms with Crippen LogP contribution in [0.2, 0.25) is 10.0 Å². The number of anilines is 1. The van der Waals surface area contributed by atoms with Crippen LogP contribution in [0.3, 0.4) is 0 Å². The third-order valence-electron chi connectivity index (χ3n) is 2.64. The van der Waals surface area contributed by atoms with E-state index in [1.165, 1.54) is 0 Å². The molecule has 110 valence electrons. The number of carbonyl (C=O) groups is 1. The first-order valence-corrected chi connectivity index (χ1v) is 7.24. The van der Waals surface area contributed by atoms with Crippen molar-refractivity contribution in [3.63, 3.8) is 0 Å². The lowest BCUT2D eigenvalue weighted by molar-refractivity contribution is 0.102.